The Morgan fingerprint density at radius 1 is 0.559 bits per heavy atom. The molecule has 2 fully saturated rings. The maximum atomic E-state index is 2.75. The van der Waals surface area contributed by atoms with E-state index in [0.29, 0.717) is 34.8 Å². The monoisotopic (exact) mass is 578 g/mol. The van der Waals surface area contributed by atoms with Gasteiger partial charge in [0.05, 0.1) is 8.07 Å². The number of hydrogen-bond acceptors (Lipinski definition) is 0. The third-order valence-electron chi connectivity index (χ3n) is 8.23. The van der Waals surface area contributed by atoms with Crippen molar-refractivity contribution in [2.24, 2.45) is 23.7 Å². The standard InChI is InChI=1S/C30H30Si.2ClH.Zr/c1-3-15-27(16-4-1)31(28-17-5-2-6-18-28,29-19-23-11-7-8-12-24(23)20-29)30-21-25-13-9-10-14-26(25)22-30;;;/h1-19,21,23-26,29-30H,20,22H2;2*1H;/q-2;;;+4/p-2. The molecule has 0 bridgehead atoms. The van der Waals surface area contributed by atoms with Gasteiger partial charge in [-0.05, 0) is 11.8 Å². The normalized spacial score (nSPS) is 30.5. The Morgan fingerprint density at radius 2 is 0.941 bits per heavy atom. The van der Waals surface area contributed by atoms with E-state index in [0.717, 1.165) is 0 Å². The SMILES string of the molecule is C1=CC2[CH-]C([Si](c3ccccc3)(c3ccccc3)C3[CH-]C4C=CC=CC4C3)CC2C=C1.[Cl-].[Cl-].[Zr+4]. The average Bonchev–Trinajstić information content (AvgIpc) is 3.46. The zero-order valence-electron chi connectivity index (χ0n) is 19.2. The Labute approximate surface area is 237 Å². The van der Waals surface area contributed by atoms with Crippen molar-refractivity contribution in [1.82, 2.24) is 0 Å². The summed E-state index contributed by atoms with van der Waals surface area (Å²) >= 11 is 0. The van der Waals surface area contributed by atoms with Crippen LogP contribution < -0.4 is 35.2 Å². The first-order valence-electron chi connectivity index (χ1n) is 11.9. The van der Waals surface area contributed by atoms with E-state index in [-0.39, 0.29) is 51.0 Å². The first kappa shape index (κ1) is 27.7. The summed E-state index contributed by atoms with van der Waals surface area (Å²) in [6, 6.07) is 23.2. The second-order valence-corrected chi connectivity index (χ2v) is 14.1. The van der Waals surface area contributed by atoms with Gasteiger partial charge in [-0.3, -0.25) is 0 Å². The molecule has 6 unspecified atom stereocenters. The van der Waals surface area contributed by atoms with Crippen molar-refractivity contribution in [3.63, 3.8) is 0 Å². The van der Waals surface area contributed by atoms with Crippen LogP contribution in [-0.4, -0.2) is 8.07 Å². The van der Waals surface area contributed by atoms with Crippen molar-refractivity contribution in [1.29, 1.82) is 0 Å². The van der Waals surface area contributed by atoms with Crippen molar-refractivity contribution < 1.29 is 51.0 Å². The molecule has 0 amide bonds. The van der Waals surface area contributed by atoms with Gasteiger partial charge in [0.1, 0.15) is 0 Å². The maximum absolute atomic E-state index is 2.75. The van der Waals surface area contributed by atoms with E-state index in [2.05, 4.69) is 122 Å². The predicted octanol–water partition coefficient (Wildman–Crippen LogP) is -0.0717. The molecule has 2 aromatic carbocycles. The van der Waals surface area contributed by atoms with Gasteiger partial charge in [0.15, 0.2) is 0 Å². The minimum Gasteiger partial charge on any atom is -1.00 e. The number of halogens is 2. The van der Waals surface area contributed by atoms with E-state index in [9.17, 15) is 0 Å². The first-order chi connectivity index (χ1) is 15.4. The van der Waals surface area contributed by atoms with Crippen molar-refractivity contribution in [3.8, 4) is 0 Å². The van der Waals surface area contributed by atoms with Crippen molar-refractivity contribution >= 4 is 18.4 Å². The molecule has 0 heterocycles. The van der Waals surface area contributed by atoms with Crippen LogP contribution in [0, 0.1) is 36.5 Å². The summed E-state index contributed by atoms with van der Waals surface area (Å²) in [4.78, 5) is 0. The predicted molar refractivity (Wildman–Crippen MR) is 134 cm³/mol. The van der Waals surface area contributed by atoms with Crippen LogP contribution in [0.1, 0.15) is 12.8 Å². The largest absolute Gasteiger partial charge is 4.00 e. The number of allylic oxidation sites excluding steroid dienone is 8. The summed E-state index contributed by atoms with van der Waals surface area (Å²) in [6.45, 7) is 0. The van der Waals surface area contributed by atoms with Gasteiger partial charge in [-0.15, -0.1) is 24.0 Å². The Kier molecular flexibility index (Phi) is 9.66. The Bertz CT molecular complexity index is 920. The molecular formula is C30H30Cl2SiZr. The van der Waals surface area contributed by atoms with Crippen LogP contribution in [0.5, 0.6) is 0 Å². The molecule has 6 rings (SSSR count). The van der Waals surface area contributed by atoms with Crippen molar-refractivity contribution in [3.05, 3.63) is 122 Å². The van der Waals surface area contributed by atoms with Crippen LogP contribution in [0.2, 0.25) is 11.1 Å². The molecule has 0 spiro atoms. The Hall–Kier alpha value is -0.920. The fraction of sp³-hybridized carbons (Fsp3) is 0.267. The van der Waals surface area contributed by atoms with E-state index in [4.69, 9.17) is 0 Å². The quantitative estimate of drug-likeness (QED) is 0.351. The van der Waals surface area contributed by atoms with Crippen LogP contribution in [0.3, 0.4) is 0 Å². The van der Waals surface area contributed by atoms with Gasteiger partial charge in [-0.2, -0.15) is 11.1 Å². The van der Waals surface area contributed by atoms with E-state index in [1.165, 1.54) is 12.8 Å². The fourth-order valence-electron chi connectivity index (χ4n) is 6.91. The number of benzene rings is 2. The van der Waals surface area contributed by atoms with Gasteiger partial charge in [0, 0.05) is 0 Å². The summed E-state index contributed by atoms with van der Waals surface area (Å²) in [7, 11) is -2.11. The third kappa shape index (κ3) is 4.73. The number of hydrogen-bond donors (Lipinski definition) is 0. The van der Waals surface area contributed by atoms with Gasteiger partial charge in [0.2, 0.25) is 0 Å². The summed E-state index contributed by atoms with van der Waals surface area (Å²) in [6.07, 6.45) is 26.9. The molecule has 4 heteroatoms. The van der Waals surface area contributed by atoms with Crippen LogP contribution >= 0.6 is 0 Å². The minimum atomic E-state index is -2.11. The molecule has 2 aromatic rings. The molecule has 6 atom stereocenters. The molecule has 0 saturated heterocycles. The molecule has 172 valence electrons. The van der Waals surface area contributed by atoms with Gasteiger partial charge in [0.25, 0.3) is 0 Å². The van der Waals surface area contributed by atoms with E-state index in [1.807, 2.05) is 0 Å². The molecule has 4 aliphatic rings. The molecule has 34 heavy (non-hydrogen) atoms. The molecule has 0 aliphatic heterocycles. The van der Waals surface area contributed by atoms with E-state index in [1.54, 1.807) is 10.4 Å². The van der Waals surface area contributed by atoms with Crippen LogP contribution in [0.25, 0.3) is 0 Å². The Balaban J connectivity index is 0.00000108. The zero-order chi connectivity index (χ0) is 20.7. The van der Waals surface area contributed by atoms with Crippen LogP contribution in [-0.2, 0) is 26.2 Å². The molecule has 0 nitrogen and oxygen atoms in total. The maximum Gasteiger partial charge on any atom is 4.00 e. The second kappa shape index (κ2) is 11.9. The van der Waals surface area contributed by atoms with Crippen LogP contribution in [0.4, 0.5) is 0 Å². The van der Waals surface area contributed by atoms with Crippen molar-refractivity contribution in [2.75, 3.05) is 0 Å². The summed E-state index contributed by atoms with van der Waals surface area (Å²) in [5.74, 6) is 2.52. The summed E-state index contributed by atoms with van der Waals surface area (Å²) in [5.41, 5.74) is 1.29. The third-order valence-corrected chi connectivity index (χ3v) is 14.0. The molecule has 4 aliphatic carbocycles. The van der Waals surface area contributed by atoms with Gasteiger partial charge in [-0.1, -0.05) is 120 Å². The first-order valence-corrected chi connectivity index (χ1v) is 14.0. The molecule has 0 aromatic heterocycles. The summed E-state index contributed by atoms with van der Waals surface area (Å²) < 4.78 is 0. The molecular weight excluding hydrogens is 551 g/mol. The van der Waals surface area contributed by atoms with Crippen LogP contribution in [0.15, 0.2) is 109 Å². The molecule has 2 saturated carbocycles. The van der Waals surface area contributed by atoms with Gasteiger partial charge in [-0.25, -0.2) is 0 Å². The topological polar surface area (TPSA) is 0 Å². The second-order valence-electron chi connectivity index (χ2n) is 9.69. The van der Waals surface area contributed by atoms with Gasteiger partial charge >= 0.3 is 26.2 Å². The van der Waals surface area contributed by atoms with Crippen molar-refractivity contribution in [2.45, 2.75) is 23.9 Å². The van der Waals surface area contributed by atoms with Gasteiger partial charge < -0.3 is 37.7 Å². The zero-order valence-corrected chi connectivity index (χ0v) is 24.2. The number of rotatable bonds is 4. The fourth-order valence-corrected chi connectivity index (χ4v) is 13.3. The minimum absolute atomic E-state index is 0. The smallest absolute Gasteiger partial charge is 1.00 e. The molecule has 0 radical (unpaired) electrons. The van der Waals surface area contributed by atoms with E-state index >= 15 is 0 Å². The van der Waals surface area contributed by atoms with E-state index < -0.39 is 8.07 Å². The molecule has 0 N–H and O–H groups in total. The average molecular weight is 581 g/mol. The summed E-state index contributed by atoms with van der Waals surface area (Å²) in [5, 5.41) is 3.23. The Morgan fingerprint density at radius 3 is 1.32 bits per heavy atom. The number of fused-ring (bicyclic) bond motifs is 2.